The Morgan fingerprint density at radius 3 is 2.21 bits per heavy atom. The van der Waals surface area contributed by atoms with Crippen LogP contribution >= 0.6 is 11.6 Å². The number of halogens is 1. The molecule has 1 aliphatic carbocycles. The highest BCUT2D eigenvalue weighted by atomic mass is 35.5. The van der Waals surface area contributed by atoms with Crippen molar-refractivity contribution in [3.05, 3.63) is 93.5 Å². The predicted octanol–water partition coefficient (Wildman–Crippen LogP) is 5.37. The maximum Gasteiger partial charge on any atom is 0.262 e. The van der Waals surface area contributed by atoms with Crippen molar-refractivity contribution in [2.24, 2.45) is 10.8 Å². The van der Waals surface area contributed by atoms with Crippen LogP contribution in [0, 0.1) is 22.2 Å². The van der Waals surface area contributed by atoms with Crippen LogP contribution in [0.3, 0.4) is 0 Å². The van der Waals surface area contributed by atoms with Crippen LogP contribution < -0.4 is 20.3 Å². The first-order valence-electron chi connectivity index (χ1n) is 19.1. The number of ether oxygens (including phenoxy) is 1. The van der Waals surface area contributed by atoms with Crippen LogP contribution in [0.25, 0.3) is 0 Å². The zero-order chi connectivity index (χ0) is 40.3. The second kappa shape index (κ2) is 14.7. The van der Waals surface area contributed by atoms with Crippen molar-refractivity contribution in [1.29, 1.82) is 5.26 Å². The Kier molecular flexibility index (Phi) is 10.2. The Morgan fingerprint density at radius 1 is 0.929 bits per heavy atom. The van der Waals surface area contributed by atoms with E-state index in [-0.39, 0.29) is 64.9 Å². The Hall–Kier alpha value is -5.25. The fourth-order valence-electron chi connectivity index (χ4n) is 9.56. The molecule has 1 saturated carbocycles. The van der Waals surface area contributed by atoms with E-state index in [9.17, 15) is 29.2 Å². The topological polar surface area (TPSA) is 152 Å². The van der Waals surface area contributed by atoms with Crippen molar-refractivity contribution in [2.45, 2.75) is 91.1 Å². The number of hydrogen-bond donors (Lipinski definition) is 2. The number of piperidine rings is 1. The van der Waals surface area contributed by atoms with Crippen molar-refractivity contribution in [3.63, 3.8) is 0 Å². The molecule has 1 unspecified atom stereocenters. The molecule has 0 bridgehead atoms. The smallest absolute Gasteiger partial charge is 0.262 e. The number of hydrogen-bond acceptors (Lipinski definition) is 9. The Labute approximate surface area is 332 Å². The molecule has 3 atom stereocenters. The van der Waals surface area contributed by atoms with Gasteiger partial charge in [-0.05, 0) is 74.7 Å². The van der Waals surface area contributed by atoms with Crippen LogP contribution in [-0.2, 0) is 16.0 Å². The summed E-state index contributed by atoms with van der Waals surface area (Å²) in [5, 5.41) is 15.1. The third-order valence-corrected chi connectivity index (χ3v) is 12.5. The summed E-state index contributed by atoms with van der Waals surface area (Å²) in [6.07, 6.45) is 0.810. The van der Waals surface area contributed by atoms with Crippen molar-refractivity contribution in [1.82, 2.24) is 20.4 Å². The highest BCUT2D eigenvalue weighted by molar-refractivity contribution is 6.31. The van der Waals surface area contributed by atoms with E-state index in [2.05, 4.69) is 68.0 Å². The average Bonchev–Trinajstić information content (AvgIpc) is 3.40. The van der Waals surface area contributed by atoms with Gasteiger partial charge in [-0.3, -0.25) is 39.1 Å². The van der Waals surface area contributed by atoms with Gasteiger partial charge < -0.3 is 15.0 Å². The maximum atomic E-state index is 13.5. The third kappa shape index (κ3) is 6.92. The molecular formula is C43H47ClN6O6. The molecule has 292 valence electrons. The number of nitrogens with zero attached hydrogens (tertiary/aromatic N) is 4. The van der Waals surface area contributed by atoms with Crippen LogP contribution in [-0.4, -0.2) is 89.2 Å². The maximum absolute atomic E-state index is 13.5. The zero-order valence-corrected chi connectivity index (χ0v) is 33.3. The minimum absolute atomic E-state index is 0.0769. The number of amides is 5. The number of benzene rings is 3. The lowest BCUT2D eigenvalue weighted by molar-refractivity contribution is -0.164. The van der Waals surface area contributed by atoms with Crippen LogP contribution in [0.1, 0.15) is 96.6 Å². The molecule has 12 nitrogen and oxygen atoms in total. The first-order chi connectivity index (χ1) is 26.5. The van der Waals surface area contributed by atoms with Crippen LogP contribution in [0.4, 0.5) is 5.69 Å². The minimum Gasteiger partial charge on any atom is -0.489 e. The van der Waals surface area contributed by atoms with Crippen molar-refractivity contribution in [2.75, 3.05) is 24.5 Å². The highest BCUT2D eigenvalue weighted by Gasteiger charge is 2.64. The van der Waals surface area contributed by atoms with Crippen molar-refractivity contribution >= 4 is 46.8 Å². The van der Waals surface area contributed by atoms with E-state index in [0.29, 0.717) is 21.9 Å². The normalized spacial score (nSPS) is 25.6. The van der Waals surface area contributed by atoms with Gasteiger partial charge in [0.25, 0.3) is 17.7 Å². The van der Waals surface area contributed by atoms with E-state index < -0.39 is 29.7 Å². The summed E-state index contributed by atoms with van der Waals surface area (Å²) in [4.78, 5) is 69.9. The second-order valence-electron chi connectivity index (χ2n) is 16.8. The molecule has 0 spiro atoms. The van der Waals surface area contributed by atoms with E-state index in [1.54, 1.807) is 30.3 Å². The number of piperazine rings is 1. The molecule has 3 fully saturated rings. The number of nitrogens with one attached hydrogen (secondary N) is 2. The number of imide groups is 2. The van der Waals surface area contributed by atoms with Gasteiger partial charge in [0, 0.05) is 72.3 Å². The van der Waals surface area contributed by atoms with Gasteiger partial charge in [0.2, 0.25) is 11.8 Å². The summed E-state index contributed by atoms with van der Waals surface area (Å²) in [5.74, 6) is -1.59. The molecule has 3 aliphatic heterocycles. The van der Waals surface area contributed by atoms with E-state index in [1.807, 2.05) is 30.3 Å². The molecule has 3 aromatic carbocycles. The van der Waals surface area contributed by atoms with Crippen LogP contribution in [0.15, 0.2) is 60.7 Å². The summed E-state index contributed by atoms with van der Waals surface area (Å²) in [7, 11) is 0. The summed E-state index contributed by atoms with van der Waals surface area (Å²) < 4.78 is 6.37. The first-order valence-corrected chi connectivity index (χ1v) is 19.5. The Bertz CT molecular complexity index is 2130. The molecule has 56 heavy (non-hydrogen) atoms. The Balaban J connectivity index is 0.927. The van der Waals surface area contributed by atoms with Gasteiger partial charge in [0.1, 0.15) is 24.0 Å². The number of carbonyl (C=O) groups excluding carboxylic acids is 5. The fourth-order valence-corrected chi connectivity index (χ4v) is 9.77. The molecule has 3 aromatic rings. The van der Waals surface area contributed by atoms with Gasteiger partial charge in [0.15, 0.2) is 0 Å². The molecule has 2 saturated heterocycles. The number of anilines is 1. The minimum atomic E-state index is -0.995. The van der Waals surface area contributed by atoms with Gasteiger partial charge in [-0.25, -0.2) is 0 Å². The summed E-state index contributed by atoms with van der Waals surface area (Å²) >= 11 is 6.24. The highest BCUT2D eigenvalue weighted by Crippen LogP contribution is 2.55. The third-order valence-electron chi connectivity index (χ3n) is 12.2. The fraction of sp³-hybridized carbons (Fsp3) is 0.442. The van der Waals surface area contributed by atoms with Gasteiger partial charge in [-0.1, -0.05) is 51.4 Å². The largest absolute Gasteiger partial charge is 0.489 e. The van der Waals surface area contributed by atoms with Gasteiger partial charge in [-0.15, -0.1) is 0 Å². The van der Waals surface area contributed by atoms with Gasteiger partial charge in [0.05, 0.1) is 21.7 Å². The molecule has 2 N–H and O–H groups in total. The summed E-state index contributed by atoms with van der Waals surface area (Å²) in [6, 6.07) is 19.4. The molecule has 0 aromatic heterocycles. The monoisotopic (exact) mass is 778 g/mol. The average molecular weight is 779 g/mol. The lowest BCUT2D eigenvalue weighted by atomic mass is 9.49. The van der Waals surface area contributed by atoms with E-state index in [0.717, 1.165) is 42.2 Å². The first kappa shape index (κ1) is 39.0. The lowest BCUT2D eigenvalue weighted by Gasteiger charge is -2.63. The Morgan fingerprint density at radius 2 is 1.59 bits per heavy atom. The van der Waals surface area contributed by atoms with E-state index in [4.69, 9.17) is 16.3 Å². The van der Waals surface area contributed by atoms with E-state index in [1.165, 1.54) is 0 Å². The summed E-state index contributed by atoms with van der Waals surface area (Å²) in [6.45, 7) is 15.0. The SMILES string of the molecule is C[C@@H]1CN(c2ccc3c(c2)C(=O)N(C2CCC(=O)NC2=O)C3=O)C[C@H](C)N1CCc1ccc(C(=O)NC2C(C)(C)C(Oc3ccc(C#N)c(Cl)c3)C2(C)C)cc1. The lowest BCUT2D eigenvalue weighted by Crippen LogP contribution is -2.74. The molecule has 7 rings (SSSR count). The van der Waals surface area contributed by atoms with E-state index >= 15 is 0 Å². The molecule has 0 radical (unpaired) electrons. The molecule has 5 amide bonds. The number of rotatable bonds is 9. The molecule has 13 heteroatoms. The number of nitriles is 1. The quantitative estimate of drug-likeness (QED) is 0.274. The molecular weight excluding hydrogens is 732 g/mol. The number of carbonyl (C=O) groups is 5. The van der Waals surface area contributed by atoms with Gasteiger partial charge >= 0.3 is 0 Å². The van der Waals surface area contributed by atoms with Crippen molar-refractivity contribution < 1.29 is 28.7 Å². The standard InChI is InChI=1S/C43H47ClN6O6/c1-24-22-48(29-12-14-31-32(19-29)39(55)50(38(31)54)34-15-16-35(51)46-37(34)53)23-25(2)49(24)18-17-26-7-9-27(10-8-26)36(52)47-40-42(3,4)41(43(40,5)6)56-30-13-11-28(21-45)33(44)20-30/h7-14,19-20,24-25,34,40-41H,15-18,22-23H2,1-6H3,(H,47,52)(H,46,51,53)/t24-,25+,34?,40?,41?. The number of fused-ring (bicyclic) bond motifs is 1. The summed E-state index contributed by atoms with van der Waals surface area (Å²) in [5.41, 5.74) is 2.77. The molecule has 4 aliphatic rings. The predicted molar refractivity (Wildman–Crippen MR) is 211 cm³/mol. The van der Waals surface area contributed by atoms with Gasteiger partial charge in [-0.2, -0.15) is 5.26 Å². The zero-order valence-electron chi connectivity index (χ0n) is 32.5. The van der Waals surface area contributed by atoms with Crippen LogP contribution in [0.2, 0.25) is 5.02 Å². The van der Waals surface area contributed by atoms with Crippen molar-refractivity contribution in [3.8, 4) is 11.8 Å². The molecule has 3 heterocycles. The van der Waals surface area contributed by atoms with Crippen LogP contribution in [0.5, 0.6) is 5.75 Å². The second-order valence-corrected chi connectivity index (χ2v) is 17.2.